The lowest BCUT2D eigenvalue weighted by Crippen LogP contribution is -2.35. The van der Waals surface area contributed by atoms with Crippen molar-refractivity contribution in [3.63, 3.8) is 0 Å². The van der Waals surface area contributed by atoms with Gasteiger partial charge < -0.3 is 10.6 Å². The van der Waals surface area contributed by atoms with Crippen LogP contribution in [-0.2, 0) is 5.54 Å². The highest BCUT2D eigenvalue weighted by Gasteiger charge is 2.23. The van der Waals surface area contributed by atoms with E-state index in [4.69, 9.17) is 10.7 Å². The van der Waals surface area contributed by atoms with Crippen molar-refractivity contribution in [1.82, 2.24) is 19.9 Å². The monoisotopic (exact) mass is 461 g/mol. The zero-order valence-corrected chi connectivity index (χ0v) is 19.1. The minimum Gasteiger partial charge on any atom is -0.383 e. The molecule has 4 aromatic rings. The fourth-order valence-electron chi connectivity index (χ4n) is 3.43. The number of nitrogens with zero attached hydrogens (tertiary/aromatic N) is 4. The Morgan fingerprint density at radius 1 is 0.933 bits per heavy atom. The molecule has 0 spiro atoms. The predicted molar refractivity (Wildman–Crippen MR) is 127 cm³/mol. The van der Waals surface area contributed by atoms with Gasteiger partial charge in [-0.1, -0.05) is 52.3 Å². The molecule has 6 heteroatoms. The van der Waals surface area contributed by atoms with E-state index in [1.807, 2.05) is 12.1 Å². The first kappa shape index (κ1) is 20.4. The summed E-state index contributed by atoms with van der Waals surface area (Å²) in [6.07, 6.45) is 1.46. The molecular formula is C24H24BrN5. The average Bonchev–Trinajstić information content (AvgIpc) is 2.73. The number of aromatic nitrogens is 3. The van der Waals surface area contributed by atoms with Gasteiger partial charge in [-0.2, -0.15) is 0 Å². The highest BCUT2D eigenvalue weighted by molar-refractivity contribution is 9.10. The molecule has 0 saturated carbocycles. The molecule has 0 amide bonds. The van der Waals surface area contributed by atoms with Crippen LogP contribution in [0.2, 0.25) is 0 Å². The van der Waals surface area contributed by atoms with Crippen LogP contribution >= 0.6 is 15.9 Å². The number of nitrogen functional groups attached to an aromatic ring is 1. The second-order valence-electron chi connectivity index (χ2n) is 8.05. The molecule has 2 N–H and O–H groups in total. The van der Waals surface area contributed by atoms with Gasteiger partial charge in [0.2, 0.25) is 0 Å². The number of benzene rings is 2. The Balaban J connectivity index is 1.89. The number of halogens is 1. The normalized spacial score (nSPS) is 11.9. The quantitative estimate of drug-likeness (QED) is 0.434. The number of nitrogens with two attached hydrogens (primary N) is 1. The lowest BCUT2D eigenvalue weighted by molar-refractivity contribution is 0.198. The highest BCUT2D eigenvalue weighted by Crippen LogP contribution is 2.35. The van der Waals surface area contributed by atoms with Crippen molar-refractivity contribution < 1.29 is 0 Å². The van der Waals surface area contributed by atoms with Gasteiger partial charge in [0.05, 0.1) is 11.1 Å². The maximum Gasteiger partial charge on any atom is 0.165 e. The van der Waals surface area contributed by atoms with E-state index in [9.17, 15) is 0 Å². The van der Waals surface area contributed by atoms with Gasteiger partial charge in [-0.05, 0) is 62.8 Å². The molecule has 0 bridgehead atoms. The molecule has 5 nitrogen and oxygen atoms in total. The Labute approximate surface area is 185 Å². The SMILES string of the molecule is CN(C)C(C)(C)c1ccc(-c2cc(-c3cccc(Br)c3)c3c(N)ncnc3n2)cc1. The van der Waals surface area contributed by atoms with E-state index in [1.54, 1.807) is 0 Å². The van der Waals surface area contributed by atoms with Crippen molar-refractivity contribution in [3.05, 3.63) is 71.0 Å². The first-order valence-electron chi connectivity index (χ1n) is 9.73. The number of anilines is 1. The summed E-state index contributed by atoms with van der Waals surface area (Å²) in [7, 11) is 4.18. The van der Waals surface area contributed by atoms with Gasteiger partial charge in [-0.25, -0.2) is 15.0 Å². The summed E-state index contributed by atoms with van der Waals surface area (Å²) < 4.78 is 0.997. The minimum absolute atomic E-state index is 0.0570. The zero-order valence-electron chi connectivity index (χ0n) is 17.5. The predicted octanol–water partition coefficient (Wildman–Crippen LogP) is 5.50. The van der Waals surface area contributed by atoms with Crippen LogP contribution in [0.1, 0.15) is 19.4 Å². The Kier molecular flexibility index (Phi) is 5.30. The van der Waals surface area contributed by atoms with E-state index in [0.29, 0.717) is 11.5 Å². The van der Waals surface area contributed by atoms with Crippen LogP contribution in [0.5, 0.6) is 0 Å². The van der Waals surface area contributed by atoms with Crippen molar-refractivity contribution in [1.29, 1.82) is 0 Å². The molecule has 2 heterocycles. The topological polar surface area (TPSA) is 67.9 Å². The lowest BCUT2D eigenvalue weighted by Gasteiger charge is -2.33. The van der Waals surface area contributed by atoms with Gasteiger partial charge >= 0.3 is 0 Å². The second-order valence-corrected chi connectivity index (χ2v) is 8.97. The fraction of sp³-hybridized carbons (Fsp3) is 0.208. The molecule has 0 saturated heterocycles. The molecule has 0 aliphatic heterocycles. The molecule has 0 atom stereocenters. The highest BCUT2D eigenvalue weighted by atomic mass is 79.9. The van der Waals surface area contributed by atoms with Gasteiger partial charge in [0.15, 0.2) is 5.65 Å². The summed E-state index contributed by atoms with van der Waals surface area (Å²) in [6, 6.07) is 18.7. The molecule has 0 radical (unpaired) electrons. The van der Waals surface area contributed by atoms with Crippen molar-refractivity contribution in [2.75, 3.05) is 19.8 Å². The Morgan fingerprint density at radius 3 is 2.33 bits per heavy atom. The summed E-state index contributed by atoms with van der Waals surface area (Å²) in [5.41, 5.74) is 11.9. The number of rotatable bonds is 4. The van der Waals surface area contributed by atoms with Crippen molar-refractivity contribution in [2.45, 2.75) is 19.4 Å². The largest absolute Gasteiger partial charge is 0.383 e. The molecule has 0 aliphatic rings. The van der Waals surface area contributed by atoms with Crippen LogP contribution in [0.15, 0.2) is 65.4 Å². The van der Waals surface area contributed by atoms with Crippen LogP contribution < -0.4 is 5.73 Å². The molecule has 0 aliphatic carbocycles. The van der Waals surface area contributed by atoms with Crippen LogP contribution in [0.3, 0.4) is 0 Å². The summed E-state index contributed by atoms with van der Waals surface area (Å²) in [5.74, 6) is 0.428. The lowest BCUT2D eigenvalue weighted by atomic mass is 9.91. The van der Waals surface area contributed by atoms with Crippen molar-refractivity contribution in [2.24, 2.45) is 0 Å². The first-order chi connectivity index (χ1) is 14.3. The summed E-state index contributed by atoms with van der Waals surface area (Å²) in [4.78, 5) is 15.6. The smallest absolute Gasteiger partial charge is 0.165 e. The van der Waals surface area contributed by atoms with Crippen LogP contribution in [-0.4, -0.2) is 33.9 Å². The second kappa shape index (κ2) is 7.78. The number of hydrogen-bond donors (Lipinski definition) is 1. The van der Waals surface area contributed by atoms with Crippen LogP contribution in [0.4, 0.5) is 5.82 Å². The molecule has 0 unspecified atom stereocenters. The summed E-state index contributed by atoms with van der Waals surface area (Å²) in [6.45, 7) is 4.42. The third-order valence-electron chi connectivity index (χ3n) is 5.77. The van der Waals surface area contributed by atoms with Gasteiger partial charge in [0.1, 0.15) is 12.1 Å². The number of pyridine rings is 1. The van der Waals surface area contributed by atoms with E-state index in [-0.39, 0.29) is 5.54 Å². The first-order valence-corrected chi connectivity index (χ1v) is 10.5. The van der Waals surface area contributed by atoms with Gasteiger partial charge in [-0.15, -0.1) is 0 Å². The standard InChI is InChI=1S/C24H24BrN5/c1-24(2,30(3)4)17-10-8-15(9-11-17)20-13-19(16-6-5-7-18(25)12-16)21-22(26)27-14-28-23(21)29-20/h5-14H,1-4H3,(H2,26,27,28,29). The maximum absolute atomic E-state index is 6.21. The molecule has 30 heavy (non-hydrogen) atoms. The number of fused-ring (bicyclic) bond motifs is 1. The van der Waals surface area contributed by atoms with E-state index < -0.39 is 0 Å². The third-order valence-corrected chi connectivity index (χ3v) is 6.27. The maximum atomic E-state index is 6.21. The van der Waals surface area contributed by atoms with E-state index >= 15 is 0 Å². The van der Waals surface area contributed by atoms with Gasteiger partial charge in [0.25, 0.3) is 0 Å². The molecule has 152 valence electrons. The Bertz CT molecular complexity index is 1220. The molecule has 2 aromatic heterocycles. The minimum atomic E-state index is -0.0570. The van der Waals surface area contributed by atoms with E-state index in [0.717, 1.165) is 32.2 Å². The number of hydrogen-bond acceptors (Lipinski definition) is 5. The molecule has 4 rings (SSSR count). The van der Waals surface area contributed by atoms with Crippen LogP contribution in [0, 0.1) is 0 Å². The summed E-state index contributed by atoms with van der Waals surface area (Å²) >= 11 is 3.56. The van der Waals surface area contributed by atoms with Crippen molar-refractivity contribution in [3.8, 4) is 22.4 Å². The van der Waals surface area contributed by atoms with Crippen molar-refractivity contribution >= 4 is 32.8 Å². The third kappa shape index (κ3) is 3.68. The van der Waals surface area contributed by atoms with Crippen LogP contribution in [0.25, 0.3) is 33.4 Å². The molecule has 2 aromatic carbocycles. The molecule has 0 fully saturated rings. The van der Waals surface area contributed by atoms with Gasteiger partial charge in [-0.3, -0.25) is 0 Å². The zero-order chi connectivity index (χ0) is 21.5. The Morgan fingerprint density at radius 2 is 1.67 bits per heavy atom. The summed E-state index contributed by atoms with van der Waals surface area (Å²) in [5, 5.41) is 0.768. The van der Waals surface area contributed by atoms with E-state index in [1.165, 1.54) is 11.9 Å². The average molecular weight is 462 g/mol. The van der Waals surface area contributed by atoms with E-state index in [2.05, 4.69) is 101 Å². The fourth-order valence-corrected chi connectivity index (χ4v) is 3.83. The Hall–Kier alpha value is -2.83. The van der Waals surface area contributed by atoms with Gasteiger partial charge in [0, 0.05) is 15.6 Å². The molecular weight excluding hydrogens is 438 g/mol.